The summed E-state index contributed by atoms with van der Waals surface area (Å²) in [5.41, 5.74) is 0.363. The van der Waals surface area contributed by atoms with Gasteiger partial charge < -0.3 is 5.11 Å². The lowest BCUT2D eigenvalue weighted by Crippen LogP contribution is -2.36. The molecule has 0 radical (unpaired) electrons. The lowest BCUT2D eigenvalue weighted by Gasteiger charge is -2.20. The summed E-state index contributed by atoms with van der Waals surface area (Å²) in [6.45, 7) is 3.90. The Morgan fingerprint density at radius 1 is 1.06 bits per heavy atom. The molecule has 4 heteroatoms. The number of imide groups is 1. The standard InChI is InChI=1S/C13H13NO3/c1-13(2)9-10(13)12(17)14(11(9)16)7-3-5-8(15)6-4-7/h3-6,9-10,15H,1-2H3/t9-,10-/m0/s1. The van der Waals surface area contributed by atoms with Gasteiger partial charge in [-0.05, 0) is 29.7 Å². The Morgan fingerprint density at radius 3 is 2.00 bits per heavy atom. The highest BCUT2D eigenvalue weighted by Gasteiger charge is 2.72. The highest BCUT2D eigenvalue weighted by molar-refractivity contribution is 6.25. The van der Waals surface area contributed by atoms with Gasteiger partial charge in [0, 0.05) is 0 Å². The summed E-state index contributed by atoms with van der Waals surface area (Å²) in [5.74, 6) is -0.433. The van der Waals surface area contributed by atoms with Crippen LogP contribution in [0.5, 0.6) is 5.75 Å². The molecule has 0 bridgehead atoms. The third-order valence-corrected chi connectivity index (χ3v) is 3.91. The molecular weight excluding hydrogens is 218 g/mol. The van der Waals surface area contributed by atoms with Crippen LogP contribution in [0, 0.1) is 17.3 Å². The van der Waals surface area contributed by atoms with E-state index in [9.17, 15) is 14.7 Å². The Labute approximate surface area is 98.9 Å². The first kappa shape index (κ1) is 10.3. The summed E-state index contributed by atoms with van der Waals surface area (Å²) >= 11 is 0. The van der Waals surface area contributed by atoms with E-state index in [1.54, 1.807) is 12.1 Å². The second-order valence-electron chi connectivity index (χ2n) is 5.30. The monoisotopic (exact) mass is 231 g/mol. The van der Waals surface area contributed by atoms with Crippen LogP contribution >= 0.6 is 0 Å². The smallest absolute Gasteiger partial charge is 0.238 e. The lowest BCUT2D eigenvalue weighted by atomic mass is 10.1. The molecule has 3 rings (SSSR count). The maximum atomic E-state index is 12.1. The van der Waals surface area contributed by atoms with E-state index in [2.05, 4.69) is 0 Å². The number of phenolic OH excluding ortho intramolecular Hbond substituents is 1. The number of amides is 2. The third-order valence-electron chi connectivity index (χ3n) is 3.91. The van der Waals surface area contributed by atoms with Gasteiger partial charge in [0.25, 0.3) is 0 Å². The summed E-state index contributed by atoms with van der Waals surface area (Å²) in [4.78, 5) is 25.4. The zero-order valence-electron chi connectivity index (χ0n) is 9.68. The number of fused-ring (bicyclic) bond motifs is 1. The molecule has 2 fully saturated rings. The van der Waals surface area contributed by atoms with Crippen molar-refractivity contribution in [3.05, 3.63) is 24.3 Å². The van der Waals surface area contributed by atoms with Crippen molar-refractivity contribution in [1.82, 2.24) is 0 Å². The molecule has 2 aliphatic rings. The van der Waals surface area contributed by atoms with Crippen LogP contribution in [0.4, 0.5) is 5.69 Å². The number of aromatic hydroxyl groups is 1. The van der Waals surface area contributed by atoms with Gasteiger partial charge in [-0.3, -0.25) is 14.5 Å². The first-order chi connectivity index (χ1) is 7.94. The second kappa shape index (κ2) is 2.88. The zero-order valence-corrected chi connectivity index (χ0v) is 9.68. The summed E-state index contributed by atoms with van der Waals surface area (Å²) in [5, 5.41) is 9.19. The van der Waals surface area contributed by atoms with E-state index in [-0.39, 0.29) is 34.8 Å². The zero-order chi connectivity index (χ0) is 12.4. The Hall–Kier alpha value is -1.84. The molecule has 1 saturated carbocycles. The van der Waals surface area contributed by atoms with E-state index in [0.29, 0.717) is 5.69 Å². The minimum Gasteiger partial charge on any atom is -0.508 e. The molecule has 1 aromatic rings. The van der Waals surface area contributed by atoms with E-state index in [4.69, 9.17) is 0 Å². The highest BCUT2D eigenvalue weighted by atomic mass is 16.3. The van der Waals surface area contributed by atoms with Crippen LogP contribution in [-0.4, -0.2) is 16.9 Å². The first-order valence-corrected chi connectivity index (χ1v) is 5.61. The first-order valence-electron chi connectivity index (χ1n) is 5.61. The number of hydrogen-bond acceptors (Lipinski definition) is 3. The second-order valence-corrected chi connectivity index (χ2v) is 5.30. The molecule has 17 heavy (non-hydrogen) atoms. The quantitative estimate of drug-likeness (QED) is 0.746. The number of phenols is 1. The molecule has 1 N–H and O–H groups in total. The predicted molar refractivity (Wildman–Crippen MR) is 61.4 cm³/mol. The number of nitrogens with zero attached hydrogens (tertiary/aromatic N) is 1. The van der Waals surface area contributed by atoms with Crippen molar-refractivity contribution in [3.63, 3.8) is 0 Å². The molecule has 4 nitrogen and oxygen atoms in total. The molecular formula is C13H13NO3. The maximum absolute atomic E-state index is 12.1. The van der Waals surface area contributed by atoms with Gasteiger partial charge in [-0.25, -0.2) is 0 Å². The molecule has 0 unspecified atom stereocenters. The number of anilines is 1. The molecule has 2 atom stereocenters. The number of rotatable bonds is 1. The van der Waals surface area contributed by atoms with Crippen LogP contribution in [0.3, 0.4) is 0 Å². The largest absolute Gasteiger partial charge is 0.508 e. The van der Waals surface area contributed by atoms with Gasteiger partial charge in [-0.15, -0.1) is 0 Å². The van der Waals surface area contributed by atoms with Crippen molar-refractivity contribution >= 4 is 17.5 Å². The Bertz CT molecular complexity index is 494. The van der Waals surface area contributed by atoms with Gasteiger partial charge in [-0.2, -0.15) is 0 Å². The molecule has 1 aromatic carbocycles. The molecule has 1 saturated heterocycles. The van der Waals surface area contributed by atoms with E-state index >= 15 is 0 Å². The highest BCUT2D eigenvalue weighted by Crippen LogP contribution is 2.63. The fourth-order valence-electron chi connectivity index (χ4n) is 2.80. The fraction of sp³-hybridized carbons (Fsp3) is 0.385. The predicted octanol–water partition coefficient (Wildman–Crippen LogP) is 1.54. The summed E-state index contributed by atoms with van der Waals surface area (Å²) in [7, 11) is 0. The Kier molecular flexibility index (Phi) is 1.75. The topological polar surface area (TPSA) is 57.6 Å². The average Bonchev–Trinajstić information content (AvgIpc) is 2.72. The van der Waals surface area contributed by atoms with Crippen molar-refractivity contribution in [2.45, 2.75) is 13.8 Å². The number of carbonyl (C=O) groups excluding carboxylic acids is 2. The van der Waals surface area contributed by atoms with Gasteiger partial charge >= 0.3 is 0 Å². The Morgan fingerprint density at radius 2 is 1.53 bits per heavy atom. The fourth-order valence-corrected chi connectivity index (χ4v) is 2.80. The van der Waals surface area contributed by atoms with Crippen molar-refractivity contribution in [1.29, 1.82) is 0 Å². The van der Waals surface area contributed by atoms with Crippen LogP contribution < -0.4 is 4.90 Å². The number of carbonyl (C=O) groups is 2. The molecule has 1 aliphatic carbocycles. The molecule has 0 aromatic heterocycles. The summed E-state index contributed by atoms with van der Waals surface area (Å²) < 4.78 is 0. The van der Waals surface area contributed by atoms with Gasteiger partial charge in [0.1, 0.15) is 5.75 Å². The van der Waals surface area contributed by atoms with Crippen LogP contribution in [0.25, 0.3) is 0 Å². The van der Waals surface area contributed by atoms with Crippen molar-refractivity contribution in [2.75, 3.05) is 4.90 Å². The lowest BCUT2D eigenvalue weighted by molar-refractivity contribution is -0.125. The van der Waals surface area contributed by atoms with Gasteiger partial charge in [0.2, 0.25) is 11.8 Å². The maximum Gasteiger partial charge on any atom is 0.238 e. The molecule has 0 spiro atoms. The van der Waals surface area contributed by atoms with Crippen LogP contribution in [0.2, 0.25) is 0 Å². The van der Waals surface area contributed by atoms with E-state index in [1.807, 2.05) is 13.8 Å². The minimum atomic E-state index is -0.179. The number of piperidine rings is 1. The van der Waals surface area contributed by atoms with Crippen LogP contribution in [0.15, 0.2) is 24.3 Å². The van der Waals surface area contributed by atoms with Gasteiger partial charge in [0.05, 0.1) is 17.5 Å². The van der Waals surface area contributed by atoms with Crippen LogP contribution in [-0.2, 0) is 9.59 Å². The SMILES string of the molecule is CC1(C)[C@@H]2C(=O)N(c3ccc(O)cc3)C(=O)[C@H]21. The third kappa shape index (κ3) is 1.18. The van der Waals surface area contributed by atoms with Crippen molar-refractivity contribution in [3.8, 4) is 5.75 Å². The minimum absolute atomic E-state index is 0.115. The summed E-state index contributed by atoms with van der Waals surface area (Å²) in [6.07, 6.45) is 0. The number of hydrogen-bond donors (Lipinski definition) is 1. The van der Waals surface area contributed by atoms with Gasteiger partial charge in [-0.1, -0.05) is 13.8 Å². The van der Waals surface area contributed by atoms with Crippen molar-refractivity contribution < 1.29 is 14.7 Å². The van der Waals surface area contributed by atoms with E-state index in [1.165, 1.54) is 17.0 Å². The summed E-state index contributed by atoms with van der Waals surface area (Å²) in [6, 6.07) is 6.13. The molecule has 1 heterocycles. The molecule has 88 valence electrons. The normalized spacial score (nSPS) is 29.4. The Balaban J connectivity index is 1.95. The van der Waals surface area contributed by atoms with E-state index in [0.717, 1.165) is 0 Å². The van der Waals surface area contributed by atoms with Gasteiger partial charge in [0.15, 0.2) is 0 Å². The van der Waals surface area contributed by atoms with E-state index < -0.39 is 0 Å². The number of benzene rings is 1. The molecule has 1 aliphatic heterocycles. The molecule has 2 amide bonds. The van der Waals surface area contributed by atoms with Crippen LogP contribution in [0.1, 0.15) is 13.8 Å². The average molecular weight is 231 g/mol. The van der Waals surface area contributed by atoms with Crippen molar-refractivity contribution in [2.24, 2.45) is 17.3 Å².